The van der Waals surface area contributed by atoms with E-state index < -0.39 is 6.03 Å². The van der Waals surface area contributed by atoms with Crippen LogP contribution in [0.1, 0.15) is 11.1 Å². The molecule has 2 amide bonds. The molecule has 1 aromatic heterocycles. The number of amidine groups is 1. The van der Waals surface area contributed by atoms with Crippen molar-refractivity contribution in [2.45, 2.75) is 13.8 Å². The van der Waals surface area contributed by atoms with E-state index in [9.17, 15) is 9.18 Å². The average molecular weight is 461 g/mol. The molecule has 0 bridgehead atoms. The number of nitrogens with one attached hydrogen (secondary N) is 2. The van der Waals surface area contributed by atoms with Crippen LogP contribution in [0.5, 0.6) is 0 Å². The molecule has 0 saturated carbocycles. The summed E-state index contributed by atoms with van der Waals surface area (Å²) < 4.78 is 15.4. The normalized spacial score (nSPS) is 11.3. The van der Waals surface area contributed by atoms with E-state index in [1.165, 1.54) is 11.6 Å². The number of anilines is 2. The number of benzene rings is 3. The molecule has 7 nitrogen and oxygen atoms in total. The van der Waals surface area contributed by atoms with Gasteiger partial charge in [-0.25, -0.2) is 18.9 Å². The van der Waals surface area contributed by atoms with Crippen LogP contribution in [-0.4, -0.2) is 26.0 Å². The summed E-state index contributed by atoms with van der Waals surface area (Å²) in [6, 6.07) is 19.1. The Kier molecular flexibility index (Phi) is 6.50. The Bertz CT molecular complexity index is 1320. The van der Waals surface area contributed by atoms with E-state index in [2.05, 4.69) is 38.3 Å². The molecule has 0 radical (unpaired) electrons. The molecule has 3 aromatic carbocycles. The maximum atomic E-state index is 13.6. The van der Waals surface area contributed by atoms with Crippen LogP contribution in [0.4, 0.5) is 20.6 Å². The molecule has 0 aliphatic heterocycles. The summed E-state index contributed by atoms with van der Waals surface area (Å²) in [6.45, 7) is 3.65. The molecule has 4 rings (SSSR count). The summed E-state index contributed by atoms with van der Waals surface area (Å²) in [6.07, 6.45) is 1.66. The van der Waals surface area contributed by atoms with Gasteiger partial charge in [0.15, 0.2) is 11.0 Å². The highest BCUT2D eigenvalue weighted by molar-refractivity contribution is 7.97. The summed E-state index contributed by atoms with van der Waals surface area (Å²) >= 11 is 4.17. The van der Waals surface area contributed by atoms with Gasteiger partial charge in [0.1, 0.15) is 12.1 Å². The van der Waals surface area contributed by atoms with E-state index in [1.54, 1.807) is 42.2 Å². The number of carbonyl (C=O) groups is 1. The van der Waals surface area contributed by atoms with Crippen LogP contribution in [0.15, 0.2) is 78.0 Å². The van der Waals surface area contributed by atoms with Crippen LogP contribution in [-0.2, 0) is 0 Å². The quantitative estimate of drug-likeness (QED) is 0.210. The predicted octanol–water partition coefficient (Wildman–Crippen LogP) is 5.62. The summed E-state index contributed by atoms with van der Waals surface area (Å²) in [7, 11) is 0. The fourth-order valence-corrected chi connectivity index (χ4v) is 3.27. The molecule has 0 aliphatic carbocycles. The highest BCUT2D eigenvalue weighted by Gasteiger charge is 2.08. The molecular formula is C24H21FN6OS. The van der Waals surface area contributed by atoms with Gasteiger partial charge >= 0.3 is 6.03 Å². The van der Waals surface area contributed by atoms with Gasteiger partial charge in [0.2, 0.25) is 0 Å². The first-order chi connectivity index (χ1) is 15.9. The van der Waals surface area contributed by atoms with Crippen LogP contribution >= 0.6 is 12.6 Å². The Labute approximate surface area is 195 Å². The van der Waals surface area contributed by atoms with Crippen LogP contribution in [0, 0.1) is 19.7 Å². The van der Waals surface area contributed by atoms with Crippen molar-refractivity contribution in [1.82, 2.24) is 14.8 Å². The monoisotopic (exact) mass is 460 g/mol. The predicted molar refractivity (Wildman–Crippen MR) is 132 cm³/mol. The number of carbonyl (C=O) groups excluding carboxylic acids is 1. The third kappa shape index (κ3) is 5.45. The Hall–Kier alpha value is -3.98. The van der Waals surface area contributed by atoms with Gasteiger partial charge < -0.3 is 10.6 Å². The zero-order valence-electron chi connectivity index (χ0n) is 18.0. The molecular weight excluding hydrogens is 439 g/mol. The van der Waals surface area contributed by atoms with Gasteiger partial charge in [0, 0.05) is 22.5 Å². The molecule has 0 fully saturated rings. The number of aliphatic imine (C=N–C) groups is 1. The Morgan fingerprint density at radius 1 is 1.00 bits per heavy atom. The number of amides is 2. The molecule has 9 heteroatoms. The number of nitrogens with zero attached hydrogens (tertiary/aromatic N) is 4. The topological polar surface area (TPSA) is 84.2 Å². The number of hydrogen-bond acceptors (Lipinski definition) is 3. The lowest BCUT2D eigenvalue weighted by molar-refractivity contribution is 0.259. The fraction of sp³-hybridized carbons (Fsp3) is 0.0833. The zero-order valence-corrected chi connectivity index (χ0v) is 18.8. The number of aromatic nitrogens is 3. The van der Waals surface area contributed by atoms with Crippen molar-refractivity contribution >= 4 is 35.2 Å². The Morgan fingerprint density at radius 3 is 2.45 bits per heavy atom. The van der Waals surface area contributed by atoms with Crippen LogP contribution in [0.25, 0.3) is 17.1 Å². The second-order valence-corrected chi connectivity index (χ2v) is 7.75. The van der Waals surface area contributed by atoms with E-state index in [0.717, 1.165) is 11.3 Å². The van der Waals surface area contributed by atoms with Gasteiger partial charge in [0.05, 0.1) is 5.69 Å². The first-order valence-corrected chi connectivity index (χ1v) is 10.5. The van der Waals surface area contributed by atoms with Crippen LogP contribution in [0.3, 0.4) is 0 Å². The number of hydrogen-bond donors (Lipinski definition) is 3. The molecule has 0 saturated heterocycles. The van der Waals surface area contributed by atoms with E-state index in [-0.39, 0.29) is 11.0 Å². The Balaban J connectivity index is 1.40. The van der Waals surface area contributed by atoms with Gasteiger partial charge in [-0.1, -0.05) is 23.8 Å². The Morgan fingerprint density at radius 2 is 1.73 bits per heavy atom. The minimum Gasteiger partial charge on any atom is -0.334 e. The molecule has 2 N–H and O–H groups in total. The van der Waals surface area contributed by atoms with Crippen molar-refractivity contribution in [3.63, 3.8) is 0 Å². The van der Waals surface area contributed by atoms with E-state index in [1.807, 2.05) is 43.3 Å². The van der Waals surface area contributed by atoms with Crippen LogP contribution in [0.2, 0.25) is 0 Å². The maximum absolute atomic E-state index is 13.6. The van der Waals surface area contributed by atoms with Crippen LogP contribution < -0.4 is 10.6 Å². The van der Waals surface area contributed by atoms with Crippen molar-refractivity contribution in [3.05, 3.63) is 90.0 Å². The van der Waals surface area contributed by atoms with Gasteiger partial charge in [-0.3, -0.25) is 0 Å². The van der Waals surface area contributed by atoms with Crippen molar-refractivity contribution in [3.8, 4) is 17.1 Å². The smallest absolute Gasteiger partial charge is 0.334 e. The number of rotatable bonds is 4. The molecule has 0 aliphatic rings. The number of halogens is 1. The number of thiol groups is 1. The molecule has 166 valence electrons. The van der Waals surface area contributed by atoms with Crippen molar-refractivity contribution in [1.29, 1.82) is 0 Å². The maximum Gasteiger partial charge on any atom is 0.347 e. The largest absolute Gasteiger partial charge is 0.347 e. The molecule has 1 heterocycles. The zero-order chi connectivity index (χ0) is 23.4. The minimum atomic E-state index is -0.615. The first kappa shape index (κ1) is 22.2. The molecule has 4 aromatic rings. The van der Waals surface area contributed by atoms with Gasteiger partial charge in [0.25, 0.3) is 0 Å². The summed E-state index contributed by atoms with van der Waals surface area (Å²) in [5, 5.41) is 10.0. The second kappa shape index (κ2) is 9.66. The lowest BCUT2D eigenvalue weighted by Crippen LogP contribution is -2.13. The number of aryl methyl sites for hydroxylation is 1. The molecule has 0 spiro atoms. The highest BCUT2D eigenvalue weighted by atomic mass is 32.1. The summed E-state index contributed by atoms with van der Waals surface area (Å²) in [4.78, 5) is 20.4. The van der Waals surface area contributed by atoms with E-state index in [0.29, 0.717) is 22.8 Å². The summed E-state index contributed by atoms with van der Waals surface area (Å²) in [5.41, 5.74) is 4.35. The average Bonchev–Trinajstić information content (AvgIpc) is 3.28. The highest BCUT2D eigenvalue weighted by Crippen LogP contribution is 2.20. The van der Waals surface area contributed by atoms with Gasteiger partial charge in [-0.05, 0) is 62.4 Å². The molecule has 33 heavy (non-hydrogen) atoms. The molecule has 0 unspecified atom stereocenters. The standard InChI is InChI=1S/C24H21FN6OS/c1-15-6-12-19(13-7-15)31-14-26-22(30-31)17-8-10-18(11-9-17)27-23(32)29-24(33)28-21-5-3-4-20(25)16(21)2/h3-14H,1-2H3,(H3,27,28,29,32,33). The van der Waals surface area contributed by atoms with Crippen molar-refractivity contribution in [2.24, 2.45) is 4.99 Å². The lowest BCUT2D eigenvalue weighted by Gasteiger charge is -2.09. The van der Waals surface area contributed by atoms with Crippen molar-refractivity contribution < 1.29 is 9.18 Å². The fourth-order valence-electron chi connectivity index (χ4n) is 3.06. The second-order valence-electron chi connectivity index (χ2n) is 7.33. The molecule has 0 atom stereocenters. The summed E-state index contributed by atoms with van der Waals surface area (Å²) in [5.74, 6) is 0.211. The first-order valence-electron chi connectivity index (χ1n) is 10.1. The van der Waals surface area contributed by atoms with Gasteiger partial charge in [-0.15, -0.1) is 17.7 Å². The number of urea groups is 1. The van der Waals surface area contributed by atoms with Crippen molar-refractivity contribution in [2.75, 3.05) is 10.6 Å². The SMILES string of the molecule is Cc1ccc(-n2cnc(-c3ccc(NC(=O)/N=C(\S)Nc4cccc(F)c4C)cc3)n2)cc1. The third-order valence-corrected chi connectivity index (χ3v) is 5.12. The van der Waals surface area contributed by atoms with E-state index in [4.69, 9.17) is 0 Å². The van der Waals surface area contributed by atoms with Gasteiger partial charge in [-0.2, -0.15) is 4.99 Å². The third-order valence-electron chi connectivity index (χ3n) is 4.91. The lowest BCUT2D eigenvalue weighted by atomic mass is 10.2. The minimum absolute atomic E-state index is 0.0451. The van der Waals surface area contributed by atoms with E-state index >= 15 is 0 Å².